The Kier molecular flexibility index (Phi) is 3.41. The molecule has 0 amide bonds. The molecule has 110 valence electrons. The van der Waals surface area contributed by atoms with Gasteiger partial charge >= 0.3 is 5.97 Å². The van der Waals surface area contributed by atoms with Crippen LogP contribution in [0.5, 0.6) is 11.5 Å². The van der Waals surface area contributed by atoms with E-state index in [0.717, 1.165) is 17.3 Å². The van der Waals surface area contributed by atoms with E-state index in [1.54, 1.807) is 16.7 Å². The number of aromatic nitrogens is 1. The van der Waals surface area contributed by atoms with E-state index in [2.05, 4.69) is 15.9 Å². The topological polar surface area (TPSA) is 71.7 Å². The molecule has 1 heterocycles. The van der Waals surface area contributed by atoms with Crippen LogP contribution in [0.1, 0.15) is 29.2 Å². The number of halogens is 1. The van der Waals surface area contributed by atoms with Crippen molar-refractivity contribution < 1.29 is 19.7 Å². The minimum absolute atomic E-state index is 0.131. The standard InChI is InChI=1S/C14H12BrNO4S/c1-20-12-8(15)5-4-7-10(12)16(6-2-3-6)13(21)9(11(7)17)14(18)19/h4-6,17H,2-3H2,1H3,(H,18,19). The van der Waals surface area contributed by atoms with Gasteiger partial charge in [0.05, 0.1) is 17.1 Å². The van der Waals surface area contributed by atoms with Crippen molar-refractivity contribution >= 4 is 45.0 Å². The first-order valence-corrected chi connectivity index (χ1v) is 7.54. The third kappa shape index (κ3) is 2.11. The normalized spacial score (nSPS) is 14.4. The predicted molar refractivity (Wildman–Crippen MR) is 83.9 cm³/mol. The number of nitrogens with zero attached hydrogens (tertiary/aromatic N) is 1. The molecule has 0 unspecified atom stereocenters. The second kappa shape index (κ2) is 4.99. The number of pyridine rings is 1. The summed E-state index contributed by atoms with van der Waals surface area (Å²) in [6.07, 6.45) is 1.87. The Balaban J connectivity index is 2.56. The fourth-order valence-electron chi connectivity index (χ4n) is 2.50. The summed E-state index contributed by atoms with van der Waals surface area (Å²) < 4.78 is 8.06. The fourth-order valence-corrected chi connectivity index (χ4v) is 3.41. The maximum absolute atomic E-state index is 11.4. The molecule has 0 radical (unpaired) electrons. The van der Waals surface area contributed by atoms with Crippen LogP contribution in [-0.2, 0) is 0 Å². The van der Waals surface area contributed by atoms with E-state index in [0.29, 0.717) is 16.7 Å². The molecule has 0 atom stereocenters. The Bertz CT molecular complexity index is 826. The molecule has 7 heteroatoms. The van der Waals surface area contributed by atoms with Gasteiger partial charge in [0.25, 0.3) is 0 Å². The van der Waals surface area contributed by atoms with Gasteiger partial charge in [-0.15, -0.1) is 0 Å². The van der Waals surface area contributed by atoms with Crippen LogP contribution in [0.3, 0.4) is 0 Å². The highest BCUT2D eigenvalue weighted by Gasteiger charge is 2.31. The molecule has 1 aliphatic rings. The largest absolute Gasteiger partial charge is 0.506 e. The van der Waals surface area contributed by atoms with Crippen molar-refractivity contribution in [2.45, 2.75) is 18.9 Å². The molecule has 2 N–H and O–H groups in total. The van der Waals surface area contributed by atoms with E-state index in [1.165, 1.54) is 7.11 Å². The van der Waals surface area contributed by atoms with Crippen LogP contribution in [0.2, 0.25) is 0 Å². The second-order valence-corrected chi connectivity index (χ2v) is 6.15. The highest BCUT2D eigenvalue weighted by molar-refractivity contribution is 9.10. The first kappa shape index (κ1) is 14.3. The van der Waals surface area contributed by atoms with Gasteiger partial charge in [0.1, 0.15) is 16.0 Å². The van der Waals surface area contributed by atoms with Crippen molar-refractivity contribution in [2.24, 2.45) is 0 Å². The van der Waals surface area contributed by atoms with Gasteiger partial charge in [-0.05, 0) is 40.9 Å². The van der Waals surface area contributed by atoms with Crippen LogP contribution in [0.15, 0.2) is 16.6 Å². The SMILES string of the molecule is COc1c(Br)ccc2c(O)c(C(=O)O)c(=S)n(C3CC3)c12. The number of carbonyl (C=O) groups is 1. The second-order valence-electron chi connectivity index (χ2n) is 4.91. The lowest BCUT2D eigenvalue weighted by atomic mass is 10.1. The third-order valence-corrected chi connectivity index (χ3v) is 4.60. The quantitative estimate of drug-likeness (QED) is 0.803. The molecule has 0 spiro atoms. The van der Waals surface area contributed by atoms with E-state index < -0.39 is 5.97 Å². The summed E-state index contributed by atoms with van der Waals surface area (Å²) in [7, 11) is 1.53. The average molecular weight is 370 g/mol. The summed E-state index contributed by atoms with van der Waals surface area (Å²) in [6, 6.07) is 3.53. The number of ether oxygens (including phenoxy) is 1. The molecule has 3 rings (SSSR count). The Labute approximate surface area is 133 Å². The van der Waals surface area contributed by atoms with Gasteiger partial charge < -0.3 is 19.5 Å². The molecular formula is C14H12BrNO4S. The number of hydrogen-bond donors (Lipinski definition) is 2. The van der Waals surface area contributed by atoms with Crippen molar-refractivity contribution in [1.82, 2.24) is 4.57 Å². The summed E-state index contributed by atoms with van der Waals surface area (Å²) in [5, 5.41) is 20.1. The number of methoxy groups -OCH3 is 1. The molecule has 1 aromatic carbocycles. The lowest BCUT2D eigenvalue weighted by Crippen LogP contribution is -2.09. The smallest absolute Gasteiger partial charge is 0.342 e. The molecule has 21 heavy (non-hydrogen) atoms. The number of aromatic carboxylic acids is 1. The summed E-state index contributed by atoms with van der Waals surface area (Å²) in [6.45, 7) is 0. The number of hydrogen-bond acceptors (Lipinski definition) is 4. The highest BCUT2D eigenvalue weighted by atomic mass is 79.9. The van der Waals surface area contributed by atoms with E-state index in [9.17, 15) is 15.0 Å². The van der Waals surface area contributed by atoms with E-state index in [-0.39, 0.29) is 22.0 Å². The number of aromatic hydroxyl groups is 1. The van der Waals surface area contributed by atoms with Crippen LogP contribution >= 0.6 is 28.1 Å². The number of fused-ring (bicyclic) bond motifs is 1. The van der Waals surface area contributed by atoms with Gasteiger partial charge in [0.2, 0.25) is 0 Å². The minimum Gasteiger partial charge on any atom is -0.506 e. The maximum Gasteiger partial charge on any atom is 0.342 e. The van der Waals surface area contributed by atoms with Gasteiger partial charge in [-0.2, -0.15) is 0 Å². The summed E-state index contributed by atoms with van der Waals surface area (Å²) >= 11 is 8.71. The van der Waals surface area contributed by atoms with Gasteiger partial charge in [-0.1, -0.05) is 12.2 Å². The number of rotatable bonds is 3. The van der Waals surface area contributed by atoms with Crippen LogP contribution in [0.4, 0.5) is 0 Å². The molecule has 0 saturated heterocycles. The van der Waals surface area contributed by atoms with Crippen molar-refractivity contribution in [1.29, 1.82) is 0 Å². The Hall–Kier alpha value is -1.60. The van der Waals surface area contributed by atoms with Crippen molar-refractivity contribution in [3.05, 3.63) is 26.8 Å². The van der Waals surface area contributed by atoms with E-state index in [1.807, 2.05) is 0 Å². The van der Waals surface area contributed by atoms with Crippen LogP contribution in [0.25, 0.3) is 10.9 Å². The van der Waals surface area contributed by atoms with Crippen molar-refractivity contribution in [2.75, 3.05) is 7.11 Å². The maximum atomic E-state index is 11.4. The van der Waals surface area contributed by atoms with Crippen LogP contribution in [-0.4, -0.2) is 27.9 Å². The Morgan fingerprint density at radius 3 is 2.67 bits per heavy atom. The summed E-state index contributed by atoms with van der Waals surface area (Å²) in [5.41, 5.74) is 0.399. The highest BCUT2D eigenvalue weighted by Crippen LogP contribution is 2.45. The molecule has 0 bridgehead atoms. The monoisotopic (exact) mass is 369 g/mol. The van der Waals surface area contributed by atoms with Gasteiger partial charge in [0, 0.05) is 11.4 Å². The molecule has 1 aliphatic carbocycles. The van der Waals surface area contributed by atoms with Crippen molar-refractivity contribution in [3.8, 4) is 11.5 Å². The van der Waals surface area contributed by atoms with Gasteiger partial charge in [-0.3, -0.25) is 0 Å². The van der Waals surface area contributed by atoms with E-state index in [4.69, 9.17) is 17.0 Å². The van der Waals surface area contributed by atoms with Crippen LogP contribution < -0.4 is 4.74 Å². The zero-order valence-electron chi connectivity index (χ0n) is 11.1. The Morgan fingerprint density at radius 2 is 2.14 bits per heavy atom. The number of carboxylic acids is 1. The fraction of sp³-hybridized carbons (Fsp3) is 0.286. The molecule has 1 fully saturated rings. The zero-order chi connectivity index (χ0) is 15.3. The summed E-state index contributed by atoms with van der Waals surface area (Å²) in [5.74, 6) is -1.00. The van der Waals surface area contributed by atoms with Crippen LogP contribution in [0, 0.1) is 4.64 Å². The molecule has 5 nitrogen and oxygen atoms in total. The third-order valence-electron chi connectivity index (χ3n) is 3.58. The molecule has 1 saturated carbocycles. The number of carboxylic acid groups (broad SMARTS) is 1. The molecule has 0 aliphatic heterocycles. The predicted octanol–water partition coefficient (Wildman–Crippen LogP) is 3.88. The number of benzene rings is 1. The lowest BCUT2D eigenvalue weighted by molar-refractivity contribution is 0.0692. The van der Waals surface area contributed by atoms with E-state index >= 15 is 0 Å². The minimum atomic E-state index is -1.23. The first-order chi connectivity index (χ1) is 9.97. The first-order valence-electron chi connectivity index (χ1n) is 6.34. The Morgan fingerprint density at radius 1 is 1.48 bits per heavy atom. The molecular weight excluding hydrogens is 358 g/mol. The zero-order valence-corrected chi connectivity index (χ0v) is 13.5. The van der Waals surface area contributed by atoms with Gasteiger partial charge in [-0.25, -0.2) is 4.79 Å². The van der Waals surface area contributed by atoms with Crippen molar-refractivity contribution in [3.63, 3.8) is 0 Å². The lowest BCUT2D eigenvalue weighted by Gasteiger charge is -2.18. The van der Waals surface area contributed by atoms with Gasteiger partial charge in [0.15, 0.2) is 5.75 Å². The average Bonchev–Trinajstić information content (AvgIpc) is 3.23. The molecule has 1 aromatic heterocycles. The molecule has 2 aromatic rings. The summed E-state index contributed by atoms with van der Waals surface area (Å²) in [4.78, 5) is 11.4.